The van der Waals surface area contributed by atoms with Crippen molar-refractivity contribution < 1.29 is 5.11 Å². The minimum Gasteiger partial charge on any atom is -0.396 e. The number of aromatic nitrogens is 4. The predicted molar refractivity (Wildman–Crippen MR) is 50.8 cm³/mol. The van der Waals surface area contributed by atoms with E-state index in [-0.39, 0.29) is 6.61 Å². The predicted octanol–water partition coefficient (Wildman–Crippen LogP) is -0.583. The molecule has 6 nitrogen and oxygen atoms in total. The van der Waals surface area contributed by atoms with E-state index in [0.29, 0.717) is 12.0 Å². The lowest BCUT2D eigenvalue weighted by molar-refractivity contribution is 0.221. The van der Waals surface area contributed by atoms with E-state index in [9.17, 15) is 0 Å². The van der Waals surface area contributed by atoms with Gasteiger partial charge < -0.3 is 10.0 Å². The largest absolute Gasteiger partial charge is 0.396 e. The topological polar surface area (TPSA) is 67.1 Å². The molecular weight excluding hydrogens is 182 g/mol. The number of aryl methyl sites for hydroxylation is 1. The maximum Gasteiger partial charge on any atom is 0.245 e. The Balaban J connectivity index is 2.18. The molecular formula is C8H15N5O. The summed E-state index contributed by atoms with van der Waals surface area (Å²) in [6, 6.07) is 0.310. The monoisotopic (exact) mass is 197 g/mol. The summed E-state index contributed by atoms with van der Waals surface area (Å²) in [5.41, 5.74) is 0. The van der Waals surface area contributed by atoms with Crippen LogP contribution in [-0.4, -0.2) is 44.5 Å². The molecule has 0 spiro atoms. The van der Waals surface area contributed by atoms with Crippen LogP contribution in [-0.2, 0) is 7.05 Å². The Labute approximate surface area is 82.5 Å². The van der Waals surface area contributed by atoms with Gasteiger partial charge in [-0.05, 0) is 23.8 Å². The molecule has 1 N–H and O–H groups in total. The van der Waals surface area contributed by atoms with Crippen molar-refractivity contribution in [2.24, 2.45) is 13.0 Å². The van der Waals surface area contributed by atoms with Gasteiger partial charge in [0.25, 0.3) is 0 Å². The Morgan fingerprint density at radius 1 is 1.57 bits per heavy atom. The zero-order valence-corrected chi connectivity index (χ0v) is 8.46. The molecule has 0 amide bonds. The van der Waals surface area contributed by atoms with Crippen LogP contribution in [0.2, 0.25) is 0 Å². The third kappa shape index (κ3) is 1.35. The number of aliphatic hydroxyl groups excluding tert-OH is 1. The fourth-order valence-corrected chi connectivity index (χ4v) is 2.00. The van der Waals surface area contributed by atoms with Crippen LogP contribution in [0.3, 0.4) is 0 Å². The van der Waals surface area contributed by atoms with Crippen molar-refractivity contribution >= 4 is 5.95 Å². The first-order chi connectivity index (χ1) is 6.74. The molecule has 1 aromatic heterocycles. The van der Waals surface area contributed by atoms with E-state index in [4.69, 9.17) is 5.11 Å². The van der Waals surface area contributed by atoms with Crippen LogP contribution in [0.25, 0.3) is 0 Å². The third-order valence-corrected chi connectivity index (χ3v) is 3.00. The molecule has 2 atom stereocenters. The zero-order chi connectivity index (χ0) is 10.1. The maximum atomic E-state index is 9.14. The average Bonchev–Trinajstić information content (AvgIpc) is 2.72. The minimum absolute atomic E-state index is 0.239. The highest BCUT2D eigenvalue weighted by Crippen LogP contribution is 2.26. The van der Waals surface area contributed by atoms with Crippen LogP contribution in [0.5, 0.6) is 0 Å². The summed E-state index contributed by atoms with van der Waals surface area (Å²) in [6.07, 6.45) is 1.00. The van der Waals surface area contributed by atoms with Gasteiger partial charge >= 0.3 is 0 Å². The Hall–Kier alpha value is -1.17. The SMILES string of the molecule is CC1C(CO)CCN1c1nnnn1C. The van der Waals surface area contributed by atoms with E-state index in [0.717, 1.165) is 18.9 Å². The second-order valence-electron chi connectivity index (χ2n) is 3.77. The molecule has 1 aliphatic rings. The highest BCUT2D eigenvalue weighted by molar-refractivity contribution is 5.32. The minimum atomic E-state index is 0.239. The van der Waals surface area contributed by atoms with Gasteiger partial charge in [-0.15, -0.1) is 0 Å². The quantitative estimate of drug-likeness (QED) is 0.687. The van der Waals surface area contributed by atoms with Crippen molar-refractivity contribution in [2.75, 3.05) is 18.1 Å². The van der Waals surface area contributed by atoms with Gasteiger partial charge in [-0.2, -0.15) is 0 Å². The molecule has 1 saturated heterocycles. The van der Waals surface area contributed by atoms with Gasteiger partial charge in [-0.25, -0.2) is 4.68 Å². The first kappa shape index (κ1) is 9.39. The fraction of sp³-hybridized carbons (Fsp3) is 0.875. The smallest absolute Gasteiger partial charge is 0.245 e. The lowest BCUT2D eigenvalue weighted by Gasteiger charge is -2.23. The zero-order valence-electron chi connectivity index (χ0n) is 8.46. The van der Waals surface area contributed by atoms with Crippen LogP contribution in [0.15, 0.2) is 0 Å². The van der Waals surface area contributed by atoms with E-state index in [1.54, 1.807) is 4.68 Å². The van der Waals surface area contributed by atoms with Crippen molar-refractivity contribution in [1.82, 2.24) is 20.2 Å². The lowest BCUT2D eigenvalue weighted by atomic mass is 10.0. The number of tetrazole rings is 1. The molecule has 2 unspecified atom stereocenters. The molecule has 0 aromatic carbocycles. The molecule has 1 aliphatic heterocycles. The molecule has 14 heavy (non-hydrogen) atoms. The summed E-state index contributed by atoms with van der Waals surface area (Å²) < 4.78 is 1.66. The van der Waals surface area contributed by atoms with Gasteiger partial charge in [0.15, 0.2) is 0 Å². The summed E-state index contributed by atoms with van der Waals surface area (Å²) in [6.45, 7) is 3.26. The summed E-state index contributed by atoms with van der Waals surface area (Å²) >= 11 is 0. The summed E-state index contributed by atoms with van der Waals surface area (Å²) in [5, 5.41) is 20.5. The van der Waals surface area contributed by atoms with Gasteiger partial charge in [0.05, 0.1) is 0 Å². The van der Waals surface area contributed by atoms with Crippen LogP contribution in [0.4, 0.5) is 5.95 Å². The molecule has 78 valence electrons. The highest BCUT2D eigenvalue weighted by Gasteiger charge is 2.32. The molecule has 1 aromatic rings. The van der Waals surface area contributed by atoms with Crippen LogP contribution >= 0.6 is 0 Å². The molecule has 0 saturated carbocycles. The molecule has 0 aliphatic carbocycles. The van der Waals surface area contributed by atoms with E-state index in [2.05, 4.69) is 27.3 Å². The maximum absolute atomic E-state index is 9.14. The molecule has 0 bridgehead atoms. The second-order valence-corrected chi connectivity index (χ2v) is 3.77. The number of hydrogen-bond donors (Lipinski definition) is 1. The van der Waals surface area contributed by atoms with Crippen LogP contribution in [0, 0.1) is 5.92 Å². The van der Waals surface area contributed by atoms with E-state index >= 15 is 0 Å². The molecule has 2 heterocycles. The fourth-order valence-electron chi connectivity index (χ4n) is 2.00. The van der Waals surface area contributed by atoms with Gasteiger partial charge in [0, 0.05) is 32.2 Å². The van der Waals surface area contributed by atoms with E-state index in [1.165, 1.54) is 0 Å². The number of aliphatic hydroxyl groups is 1. The summed E-state index contributed by atoms with van der Waals surface area (Å²) in [4.78, 5) is 2.14. The van der Waals surface area contributed by atoms with Crippen molar-refractivity contribution in [3.8, 4) is 0 Å². The van der Waals surface area contributed by atoms with Crippen molar-refractivity contribution in [3.63, 3.8) is 0 Å². The standard InChI is InChI=1S/C8H15N5O/c1-6-7(5-14)3-4-13(6)8-9-10-11-12(8)2/h6-7,14H,3-5H2,1-2H3. The van der Waals surface area contributed by atoms with Gasteiger partial charge in [-0.1, -0.05) is 5.10 Å². The highest BCUT2D eigenvalue weighted by atomic mass is 16.3. The lowest BCUT2D eigenvalue weighted by Crippen LogP contribution is -2.33. The van der Waals surface area contributed by atoms with Gasteiger partial charge in [0.1, 0.15) is 0 Å². The Morgan fingerprint density at radius 3 is 2.86 bits per heavy atom. The Morgan fingerprint density at radius 2 is 2.36 bits per heavy atom. The Bertz CT molecular complexity index is 312. The number of anilines is 1. The number of rotatable bonds is 2. The van der Waals surface area contributed by atoms with E-state index < -0.39 is 0 Å². The number of nitrogens with zero attached hydrogens (tertiary/aromatic N) is 5. The normalized spacial score (nSPS) is 27.2. The number of hydrogen-bond acceptors (Lipinski definition) is 5. The molecule has 6 heteroatoms. The average molecular weight is 197 g/mol. The third-order valence-electron chi connectivity index (χ3n) is 3.00. The molecule has 1 fully saturated rings. The van der Waals surface area contributed by atoms with Gasteiger partial charge in [-0.3, -0.25) is 0 Å². The first-order valence-corrected chi connectivity index (χ1v) is 4.84. The van der Waals surface area contributed by atoms with Crippen LogP contribution < -0.4 is 4.90 Å². The molecule has 2 rings (SSSR count). The van der Waals surface area contributed by atoms with E-state index in [1.807, 2.05) is 7.05 Å². The van der Waals surface area contributed by atoms with Crippen LogP contribution in [0.1, 0.15) is 13.3 Å². The summed E-state index contributed by atoms with van der Waals surface area (Å²) in [5.74, 6) is 1.13. The van der Waals surface area contributed by atoms with Gasteiger partial charge in [0.2, 0.25) is 5.95 Å². The Kier molecular flexibility index (Phi) is 2.37. The second kappa shape index (κ2) is 3.53. The van der Waals surface area contributed by atoms with Crippen molar-refractivity contribution in [2.45, 2.75) is 19.4 Å². The summed E-state index contributed by atoms with van der Waals surface area (Å²) in [7, 11) is 1.83. The first-order valence-electron chi connectivity index (χ1n) is 4.84. The van der Waals surface area contributed by atoms with Crippen molar-refractivity contribution in [1.29, 1.82) is 0 Å². The molecule has 0 radical (unpaired) electrons. The van der Waals surface area contributed by atoms with Crippen molar-refractivity contribution in [3.05, 3.63) is 0 Å².